The fourth-order valence-corrected chi connectivity index (χ4v) is 4.10. The van der Waals surface area contributed by atoms with E-state index in [2.05, 4.69) is 26.2 Å². The van der Waals surface area contributed by atoms with Gasteiger partial charge >= 0.3 is 0 Å². The molecule has 5 nitrogen and oxygen atoms in total. The van der Waals surface area contributed by atoms with E-state index in [4.69, 9.17) is 4.74 Å². The Labute approximate surface area is 196 Å². The van der Waals surface area contributed by atoms with Crippen LogP contribution in [-0.2, 0) is 11.4 Å². The molecule has 1 N–H and O–H groups in total. The quantitative estimate of drug-likeness (QED) is 0.455. The van der Waals surface area contributed by atoms with E-state index in [1.165, 1.54) is 12.1 Å². The standard InChI is InChI=1S/C24H16BrFN2O3S/c25-18-9-10-20(31-14-15-5-4-8-19(26)11-15)17(12-18)13-21-23(30)28-24(32-21)27-22(29)16-6-2-1-3-7-16/h1-13H,14H2,(H,27,28,29,30)/b21-13-. The van der Waals surface area contributed by atoms with Gasteiger partial charge in [-0.15, -0.1) is 0 Å². The third-order valence-electron chi connectivity index (χ3n) is 4.42. The Morgan fingerprint density at radius 3 is 2.69 bits per heavy atom. The predicted molar refractivity (Wildman–Crippen MR) is 127 cm³/mol. The van der Waals surface area contributed by atoms with Gasteiger partial charge in [0.25, 0.3) is 11.8 Å². The molecule has 8 heteroatoms. The molecule has 3 aromatic rings. The van der Waals surface area contributed by atoms with Gasteiger partial charge in [-0.05, 0) is 65.9 Å². The fourth-order valence-electron chi connectivity index (χ4n) is 2.91. The minimum absolute atomic E-state index is 0.174. The Morgan fingerprint density at radius 2 is 1.91 bits per heavy atom. The molecule has 0 bridgehead atoms. The molecule has 0 unspecified atom stereocenters. The topological polar surface area (TPSA) is 67.8 Å². The summed E-state index contributed by atoms with van der Waals surface area (Å²) in [7, 11) is 0. The molecular formula is C24H16BrFN2O3S. The molecule has 1 fully saturated rings. The van der Waals surface area contributed by atoms with Crippen molar-refractivity contribution in [2.75, 3.05) is 0 Å². The van der Waals surface area contributed by atoms with Crippen LogP contribution in [-0.4, -0.2) is 17.0 Å². The summed E-state index contributed by atoms with van der Waals surface area (Å²) in [5.41, 5.74) is 1.78. The fraction of sp³-hybridized carbons (Fsp3) is 0.0417. The van der Waals surface area contributed by atoms with Crippen LogP contribution in [0.4, 0.5) is 4.39 Å². The first-order valence-corrected chi connectivity index (χ1v) is 11.1. The Morgan fingerprint density at radius 1 is 1.09 bits per heavy atom. The molecule has 0 aliphatic carbocycles. The number of thioether (sulfide) groups is 1. The molecule has 4 rings (SSSR count). The maximum absolute atomic E-state index is 13.4. The second-order valence-electron chi connectivity index (χ2n) is 6.75. The molecule has 0 atom stereocenters. The largest absolute Gasteiger partial charge is 0.488 e. The Kier molecular flexibility index (Phi) is 6.82. The molecule has 1 heterocycles. The predicted octanol–water partition coefficient (Wildman–Crippen LogP) is 5.57. The number of halogens is 2. The van der Waals surface area contributed by atoms with Crippen LogP contribution in [0.5, 0.6) is 5.75 Å². The summed E-state index contributed by atoms with van der Waals surface area (Å²) < 4.78 is 20.1. The average Bonchev–Trinajstić information content (AvgIpc) is 3.12. The summed E-state index contributed by atoms with van der Waals surface area (Å²) in [5.74, 6) is -0.592. The number of rotatable bonds is 5. The van der Waals surface area contributed by atoms with Crippen molar-refractivity contribution < 1.29 is 18.7 Å². The highest BCUT2D eigenvalue weighted by atomic mass is 79.9. The number of carbonyl (C=O) groups is 2. The number of carbonyl (C=O) groups excluding carboxylic acids is 2. The lowest BCUT2D eigenvalue weighted by Crippen LogP contribution is -2.20. The number of benzene rings is 3. The Balaban J connectivity index is 1.54. The van der Waals surface area contributed by atoms with Crippen molar-refractivity contribution in [2.24, 2.45) is 4.99 Å². The summed E-state index contributed by atoms with van der Waals surface area (Å²) in [6.07, 6.45) is 1.67. The van der Waals surface area contributed by atoms with Crippen molar-refractivity contribution in [2.45, 2.75) is 6.61 Å². The van der Waals surface area contributed by atoms with Crippen molar-refractivity contribution in [3.05, 3.63) is 105 Å². The SMILES string of the molecule is O=C1NC(=NC(=O)c2ccccc2)S/C1=C\c1cc(Br)ccc1OCc1cccc(F)c1. The summed E-state index contributed by atoms with van der Waals surface area (Å²) in [6, 6.07) is 20.2. The van der Waals surface area contributed by atoms with E-state index in [0.29, 0.717) is 27.3 Å². The summed E-state index contributed by atoms with van der Waals surface area (Å²) in [4.78, 5) is 29.1. The molecule has 0 saturated carbocycles. The molecule has 160 valence electrons. The highest BCUT2D eigenvalue weighted by Gasteiger charge is 2.25. The second-order valence-corrected chi connectivity index (χ2v) is 8.70. The van der Waals surface area contributed by atoms with Crippen LogP contribution in [0.15, 0.2) is 87.2 Å². The number of amides is 2. The first-order chi connectivity index (χ1) is 15.5. The number of nitrogens with one attached hydrogen (secondary N) is 1. The van der Waals surface area contributed by atoms with E-state index in [0.717, 1.165) is 16.2 Å². The van der Waals surface area contributed by atoms with Crippen LogP contribution in [0.2, 0.25) is 0 Å². The Bertz CT molecular complexity index is 1250. The smallest absolute Gasteiger partial charge is 0.279 e. The zero-order valence-electron chi connectivity index (χ0n) is 16.5. The molecule has 1 aliphatic heterocycles. The number of aliphatic imine (C=N–C) groups is 1. The van der Waals surface area contributed by atoms with Crippen LogP contribution in [0.3, 0.4) is 0 Å². The summed E-state index contributed by atoms with van der Waals surface area (Å²) in [6.45, 7) is 0.174. The van der Waals surface area contributed by atoms with Gasteiger partial charge in [0.15, 0.2) is 5.17 Å². The highest BCUT2D eigenvalue weighted by Crippen LogP contribution is 2.31. The summed E-state index contributed by atoms with van der Waals surface area (Å²) >= 11 is 4.50. The Hall–Kier alpha value is -3.23. The molecule has 3 aromatic carbocycles. The van der Waals surface area contributed by atoms with Gasteiger partial charge in [-0.25, -0.2) is 4.39 Å². The van der Waals surface area contributed by atoms with Gasteiger partial charge in [0.05, 0.1) is 4.91 Å². The molecular weight excluding hydrogens is 495 g/mol. The normalized spacial score (nSPS) is 15.8. The lowest BCUT2D eigenvalue weighted by Gasteiger charge is -2.10. The number of nitrogens with zero attached hydrogens (tertiary/aromatic N) is 1. The van der Waals surface area contributed by atoms with Crippen molar-refractivity contribution in [1.29, 1.82) is 0 Å². The van der Waals surface area contributed by atoms with Crippen molar-refractivity contribution in [3.63, 3.8) is 0 Å². The van der Waals surface area contributed by atoms with Gasteiger partial charge in [0.1, 0.15) is 18.2 Å². The van der Waals surface area contributed by atoms with Crippen LogP contribution < -0.4 is 10.1 Å². The van der Waals surface area contributed by atoms with Gasteiger partial charge in [0, 0.05) is 15.6 Å². The molecule has 1 saturated heterocycles. The number of hydrogen-bond acceptors (Lipinski definition) is 4. The monoisotopic (exact) mass is 510 g/mol. The number of ether oxygens (including phenoxy) is 1. The first kappa shape index (κ1) is 22.0. The number of amidine groups is 1. The van der Waals surface area contributed by atoms with Crippen LogP contribution in [0, 0.1) is 5.82 Å². The lowest BCUT2D eigenvalue weighted by atomic mass is 10.1. The van der Waals surface area contributed by atoms with E-state index in [1.54, 1.807) is 48.5 Å². The molecule has 0 spiro atoms. The van der Waals surface area contributed by atoms with E-state index >= 15 is 0 Å². The lowest BCUT2D eigenvalue weighted by molar-refractivity contribution is -0.115. The van der Waals surface area contributed by atoms with E-state index in [1.807, 2.05) is 18.2 Å². The van der Waals surface area contributed by atoms with Crippen molar-refractivity contribution in [3.8, 4) is 5.75 Å². The van der Waals surface area contributed by atoms with Gasteiger partial charge in [-0.3, -0.25) is 9.59 Å². The van der Waals surface area contributed by atoms with Crippen LogP contribution in [0.25, 0.3) is 6.08 Å². The molecule has 1 aliphatic rings. The second kappa shape index (κ2) is 9.93. The molecule has 0 aromatic heterocycles. The van der Waals surface area contributed by atoms with Gasteiger partial charge in [-0.2, -0.15) is 4.99 Å². The number of hydrogen-bond donors (Lipinski definition) is 1. The third kappa shape index (κ3) is 5.52. The van der Waals surface area contributed by atoms with Crippen molar-refractivity contribution >= 4 is 50.7 Å². The molecule has 0 radical (unpaired) electrons. The van der Waals surface area contributed by atoms with Gasteiger partial charge in [0.2, 0.25) is 0 Å². The third-order valence-corrected chi connectivity index (χ3v) is 5.82. The maximum atomic E-state index is 13.4. The van der Waals surface area contributed by atoms with E-state index in [-0.39, 0.29) is 23.5 Å². The zero-order valence-corrected chi connectivity index (χ0v) is 19.0. The minimum Gasteiger partial charge on any atom is -0.488 e. The minimum atomic E-state index is -0.434. The highest BCUT2D eigenvalue weighted by molar-refractivity contribution is 9.10. The van der Waals surface area contributed by atoms with Crippen LogP contribution in [0.1, 0.15) is 21.5 Å². The molecule has 32 heavy (non-hydrogen) atoms. The molecule has 2 amide bonds. The average molecular weight is 511 g/mol. The maximum Gasteiger partial charge on any atom is 0.279 e. The zero-order chi connectivity index (χ0) is 22.5. The van der Waals surface area contributed by atoms with Gasteiger partial charge in [-0.1, -0.05) is 46.3 Å². The van der Waals surface area contributed by atoms with Gasteiger partial charge < -0.3 is 10.1 Å². The van der Waals surface area contributed by atoms with E-state index in [9.17, 15) is 14.0 Å². The van der Waals surface area contributed by atoms with Crippen LogP contribution >= 0.6 is 27.7 Å². The van der Waals surface area contributed by atoms with E-state index < -0.39 is 5.91 Å². The first-order valence-electron chi connectivity index (χ1n) is 9.54. The summed E-state index contributed by atoms with van der Waals surface area (Å²) in [5, 5.41) is 2.83. The van der Waals surface area contributed by atoms with Crippen molar-refractivity contribution in [1.82, 2.24) is 5.32 Å².